The van der Waals surface area contributed by atoms with Crippen molar-refractivity contribution in [3.05, 3.63) is 55.6 Å². The molecule has 0 fully saturated rings. The molecule has 0 heterocycles. The summed E-state index contributed by atoms with van der Waals surface area (Å²) in [6.45, 7) is 2.10. The van der Waals surface area contributed by atoms with Crippen LogP contribution in [0.3, 0.4) is 0 Å². The van der Waals surface area contributed by atoms with E-state index >= 15 is 0 Å². The average Bonchev–Trinajstić information content (AvgIpc) is 2.68. The first-order chi connectivity index (χ1) is 14.8. The Morgan fingerprint density at radius 1 is 1.03 bits per heavy atom. The van der Waals surface area contributed by atoms with E-state index in [0.717, 1.165) is 10.0 Å². The Labute approximate surface area is 200 Å². The summed E-state index contributed by atoms with van der Waals surface area (Å²) in [6.07, 6.45) is -5.78. The molecule has 0 radical (unpaired) electrons. The molecule has 0 aliphatic rings. The lowest BCUT2D eigenvalue weighted by atomic mass is 10.2. The van der Waals surface area contributed by atoms with Gasteiger partial charge in [-0.25, -0.2) is 5.43 Å². The van der Waals surface area contributed by atoms with Gasteiger partial charge in [-0.3, -0.25) is 0 Å². The van der Waals surface area contributed by atoms with Gasteiger partial charge in [0.15, 0.2) is 11.5 Å². The van der Waals surface area contributed by atoms with Crippen LogP contribution in [0.5, 0.6) is 11.5 Å². The number of alkyl halides is 7. The molecule has 13 heteroatoms. The van der Waals surface area contributed by atoms with Crippen LogP contribution in [0.4, 0.5) is 30.7 Å². The zero-order chi connectivity index (χ0) is 24.2. The summed E-state index contributed by atoms with van der Waals surface area (Å²) in [5.41, 5.74) is 1.54. The van der Waals surface area contributed by atoms with Gasteiger partial charge in [0.2, 0.25) is 0 Å². The summed E-state index contributed by atoms with van der Waals surface area (Å²) in [7, 11) is 0. The lowest BCUT2D eigenvalue weighted by Crippen LogP contribution is -2.58. The standard InChI is InChI=1S/C19H15BrF7IN2O2/c1-2-31-15-8-12(9-29-30-19(26,27)17(21,22)18(23,24)25)7-14(28)16(15)32-10-11-3-5-13(20)6-4-11/h3-9,30H,2,10H2,1H3/b29-9+. The summed E-state index contributed by atoms with van der Waals surface area (Å²) in [5, 5.41) is 2.86. The fraction of sp³-hybridized carbons (Fsp3) is 0.316. The molecule has 2 aromatic carbocycles. The van der Waals surface area contributed by atoms with Crippen LogP contribution >= 0.6 is 38.5 Å². The van der Waals surface area contributed by atoms with Crippen molar-refractivity contribution in [2.45, 2.75) is 31.7 Å². The van der Waals surface area contributed by atoms with Crippen LogP contribution < -0.4 is 14.9 Å². The summed E-state index contributed by atoms with van der Waals surface area (Å²) in [4.78, 5) is 0. The maximum absolute atomic E-state index is 13.3. The van der Waals surface area contributed by atoms with E-state index in [1.54, 1.807) is 6.92 Å². The van der Waals surface area contributed by atoms with Gasteiger partial charge >= 0.3 is 18.1 Å². The molecule has 0 spiro atoms. The van der Waals surface area contributed by atoms with Crippen molar-refractivity contribution < 1.29 is 40.2 Å². The normalized spacial score (nSPS) is 12.8. The van der Waals surface area contributed by atoms with Crippen LogP contribution in [0, 0.1) is 3.57 Å². The number of benzene rings is 2. The predicted octanol–water partition coefficient (Wildman–Crippen LogP) is 6.75. The van der Waals surface area contributed by atoms with Crippen LogP contribution in [0.15, 0.2) is 46.0 Å². The molecule has 0 atom stereocenters. The Morgan fingerprint density at radius 2 is 1.66 bits per heavy atom. The lowest BCUT2D eigenvalue weighted by Gasteiger charge is -2.27. The number of nitrogens with one attached hydrogen (secondary N) is 1. The van der Waals surface area contributed by atoms with E-state index in [1.165, 1.54) is 12.1 Å². The Balaban J connectivity index is 2.20. The van der Waals surface area contributed by atoms with Gasteiger partial charge in [0.1, 0.15) is 6.61 Å². The van der Waals surface area contributed by atoms with Gasteiger partial charge in [-0.2, -0.15) is 35.8 Å². The summed E-state index contributed by atoms with van der Waals surface area (Å²) in [5.74, 6) is -5.76. The van der Waals surface area contributed by atoms with Crippen molar-refractivity contribution in [2.24, 2.45) is 5.10 Å². The SMILES string of the molecule is CCOc1cc(/C=N/NC(F)(F)C(F)(F)C(F)(F)F)cc(I)c1OCc1ccc(Br)cc1. The predicted molar refractivity (Wildman–Crippen MR) is 115 cm³/mol. The zero-order valence-corrected chi connectivity index (χ0v) is 19.9. The molecule has 0 unspecified atom stereocenters. The minimum absolute atomic E-state index is 0.104. The Morgan fingerprint density at radius 3 is 2.22 bits per heavy atom. The second-order valence-electron chi connectivity index (χ2n) is 6.19. The van der Waals surface area contributed by atoms with E-state index in [9.17, 15) is 30.7 Å². The van der Waals surface area contributed by atoms with Crippen molar-refractivity contribution in [1.29, 1.82) is 0 Å². The highest BCUT2D eigenvalue weighted by Crippen LogP contribution is 2.45. The number of hydrazone groups is 1. The van der Waals surface area contributed by atoms with Crippen molar-refractivity contribution in [3.8, 4) is 11.5 Å². The number of hydrogen-bond donors (Lipinski definition) is 1. The summed E-state index contributed by atoms with van der Waals surface area (Å²) >= 11 is 5.20. The van der Waals surface area contributed by atoms with Crippen molar-refractivity contribution >= 4 is 44.7 Å². The average molecular weight is 643 g/mol. The van der Waals surface area contributed by atoms with Crippen LogP contribution in [0.1, 0.15) is 18.1 Å². The Hall–Kier alpha value is -1.77. The van der Waals surface area contributed by atoms with Gasteiger partial charge in [0.05, 0.1) is 16.4 Å². The van der Waals surface area contributed by atoms with E-state index in [1.807, 2.05) is 46.9 Å². The maximum atomic E-state index is 13.3. The highest BCUT2D eigenvalue weighted by Gasteiger charge is 2.73. The van der Waals surface area contributed by atoms with Crippen molar-refractivity contribution in [2.75, 3.05) is 6.61 Å². The number of rotatable bonds is 9. The van der Waals surface area contributed by atoms with E-state index < -0.39 is 18.1 Å². The second-order valence-corrected chi connectivity index (χ2v) is 8.27. The number of halogens is 9. The molecule has 176 valence electrons. The van der Waals surface area contributed by atoms with E-state index in [4.69, 9.17) is 9.47 Å². The van der Waals surface area contributed by atoms with Crippen molar-refractivity contribution in [3.63, 3.8) is 0 Å². The van der Waals surface area contributed by atoms with Crippen molar-refractivity contribution in [1.82, 2.24) is 5.43 Å². The van der Waals surface area contributed by atoms with E-state index in [0.29, 0.717) is 21.0 Å². The van der Waals surface area contributed by atoms with Crippen LogP contribution in [-0.4, -0.2) is 31.0 Å². The molecule has 0 amide bonds. The summed E-state index contributed by atoms with van der Waals surface area (Å²) in [6, 6.07) is 4.42. The van der Waals surface area contributed by atoms with Gasteiger partial charge in [-0.05, 0) is 64.9 Å². The maximum Gasteiger partial charge on any atom is 0.462 e. The fourth-order valence-electron chi connectivity index (χ4n) is 2.24. The third-order valence-corrected chi connectivity index (χ3v) is 5.13. The van der Waals surface area contributed by atoms with E-state index in [-0.39, 0.29) is 24.5 Å². The first-order valence-corrected chi connectivity index (χ1v) is 10.6. The molecule has 2 rings (SSSR count). The molecule has 0 bridgehead atoms. The molecule has 2 aromatic rings. The molecule has 0 aromatic heterocycles. The first-order valence-electron chi connectivity index (χ1n) is 8.74. The van der Waals surface area contributed by atoms with Crippen LogP contribution in [0.25, 0.3) is 0 Å². The van der Waals surface area contributed by atoms with Crippen LogP contribution in [0.2, 0.25) is 0 Å². The minimum atomic E-state index is -6.45. The van der Waals surface area contributed by atoms with E-state index in [2.05, 4.69) is 21.0 Å². The molecule has 1 N–H and O–H groups in total. The molecule has 0 aliphatic heterocycles. The molecule has 0 saturated heterocycles. The molecule has 0 aliphatic carbocycles. The molecular weight excluding hydrogens is 628 g/mol. The molecular formula is C19H15BrF7IN2O2. The fourth-order valence-corrected chi connectivity index (χ4v) is 3.28. The largest absolute Gasteiger partial charge is 0.490 e. The van der Waals surface area contributed by atoms with Gasteiger partial charge in [-0.15, -0.1) is 0 Å². The summed E-state index contributed by atoms with van der Waals surface area (Å²) < 4.78 is 102. The lowest BCUT2D eigenvalue weighted by molar-refractivity contribution is -0.361. The number of nitrogens with zero attached hydrogens (tertiary/aromatic N) is 1. The minimum Gasteiger partial charge on any atom is -0.490 e. The van der Waals surface area contributed by atoms with Gasteiger partial charge in [-0.1, -0.05) is 28.1 Å². The highest BCUT2D eigenvalue weighted by molar-refractivity contribution is 14.1. The highest BCUT2D eigenvalue weighted by atomic mass is 127. The number of ether oxygens (including phenoxy) is 2. The Bertz CT molecular complexity index is 954. The van der Waals surface area contributed by atoms with Gasteiger partial charge in [0, 0.05) is 4.47 Å². The molecule has 32 heavy (non-hydrogen) atoms. The quantitative estimate of drug-likeness (QED) is 0.108. The smallest absolute Gasteiger partial charge is 0.462 e. The molecule has 4 nitrogen and oxygen atoms in total. The zero-order valence-electron chi connectivity index (χ0n) is 16.1. The third kappa shape index (κ3) is 6.39. The Kier molecular flexibility index (Phi) is 8.64. The molecule has 0 saturated carbocycles. The van der Waals surface area contributed by atoms with Gasteiger partial charge in [0.25, 0.3) is 0 Å². The topological polar surface area (TPSA) is 42.8 Å². The second kappa shape index (κ2) is 10.4. The first kappa shape index (κ1) is 26.5. The van der Waals surface area contributed by atoms with Gasteiger partial charge < -0.3 is 9.47 Å². The monoisotopic (exact) mass is 642 g/mol. The number of hydrogen-bond acceptors (Lipinski definition) is 4. The third-order valence-electron chi connectivity index (χ3n) is 3.80. The van der Waals surface area contributed by atoms with Crippen LogP contribution in [-0.2, 0) is 6.61 Å².